The zero-order chi connectivity index (χ0) is 15.1. The van der Waals surface area contributed by atoms with Crippen molar-refractivity contribution in [2.24, 2.45) is 0 Å². The molecule has 0 amide bonds. The predicted octanol–water partition coefficient (Wildman–Crippen LogP) is -0.560. The number of hydrogen-bond donors (Lipinski definition) is 2. The van der Waals surface area contributed by atoms with Gasteiger partial charge in [-0.3, -0.25) is 0 Å². The van der Waals surface area contributed by atoms with E-state index in [-0.39, 0.29) is 0 Å². The van der Waals surface area contributed by atoms with Crippen LogP contribution in [-0.2, 0) is 6.42 Å². The largest absolute Gasteiger partial charge is 0.493 e. The topological polar surface area (TPSA) is 27.3 Å². The molecule has 1 saturated heterocycles. The van der Waals surface area contributed by atoms with E-state index in [4.69, 9.17) is 9.47 Å². The summed E-state index contributed by atoms with van der Waals surface area (Å²) in [6.45, 7) is 9.07. The SMILES string of the molecule is CCCc1ccc(OCC[NH+]2CC[NH+](C)CC2)c(OC)c1. The molecule has 1 aromatic carbocycles. The number of hydrogen-bond acceptors (Lipinski definition) is 2. The van der Waals surface area contributed by atoms with Gasteiger partial charge < -0.3 is 19.3 Å². The van der Waals surface area contributed by atoms with Gasteiger partial charge in [0.15, 0.2) is 11.5 Å². The Morgan fingerprint density at radius 1 is 1.10 bits per heavy atom. The Balaban J connectivity index is 1.82. The number of rotatable bonds is 7. The molecule has 0 aliphatic carbocycles. The average molecular weight is 294 g/mol. The van der Waals surface area contributed by atoms with Gasteiger partial charge >= 0.3 is 0 Å². The van der Waals surface area contributed by atoms with Crippen molar-refractivity contribution >= 4 is 0 Å². The number of benzene rings is 1. The first-order valence-corrected chi connectivity index (χ1v) is 8.17. The van der Waals surface area contributed by atoms with E-state index < -0.39 is 0 Å². The minimum Gasteiger partial charge on any atom is -0.493 e. The summed E-state index contributed by atoms with van der Waals surface area (Å²) in [5.41, 5.74) is 1.31. The Morgan fingerprint density at radius 2 is 1.86 bits per heavy atom. The number of nitrogens with one attached hydrogen (secondary N) is 2. The molecule has 0 atom stereocenters. The molecular formula is C17H30N2O2+2. The van der Waals surface area contributed by atoms with Crippen LogP contribution in [0.3, 0.4) is 0 Å². The normalized spacial score (nSPS) is 22.0. The molecular weight excluding hydrogens is 264 g/mol. The van der Waals surface area contributed by atoms with Gasteiger partial charge in [-0.25, -0.2) is 0 Å². The fourth-order valence-electron chi connectivity index (χ4n) is 2.86. The van der Waals surface area contributed by atoms with Gasteiger partial charge in [-0.15, -0.1) is 0 Å². The van der Waals surface area contributed by atoms with Crippen LogP contribution in [-0.4, -0.2) is 53.5 Å². The number of likely N-dealkylation sites (N-methyl/N-ethyl adjacent to an activating group) is 1. The lowest BCUT2D eigenvalue weighted by Crippen LogP contribution is -3.27. The van der Waals surface area contributed by atoms with Crippen LogP contribution in [0, 0.1) is 0 Å². The lowest BCUT2D eigenvalue weighted by atomic mass is 10.1. The van der Waals surface area contributed by atoms with Gasteiger partial charge in [0.05, 0.1) is 14.2 Å². The molecule has 2 rings (SSSR count). The third-order valence-electron chi connectivity index (χ3n) is 4.29. The monoisotopic (exact) mass is 294 g/mol. The summed E-state index contributed by atoms with van der Waals surface area (Å²) < 4.78 is 11.4. The molecule has 4 nitrogen and oxygen atoms in total. The fourth-order valence-corrected chi connectivity index (χ4v) is 2.86. The van der Waals surface area contributed by atoms with E-state index in [0.29, 0.717) is 0 Å². The molecule has 1 aliphatic heterocycles. The van der Waals surface area contributed by atoms with Gasteiger partial charge in [-0.05, 0) is 24.1 Å². The van der Waals surface area contributed by atoms with Crippen molar-refractivity contribution in [2.45, 2.75) is 19.8 Å². The number of quaternary nitrogens is 2. The van der Waals surface area contributed by atoms with E-state index in [1.54, 1.807) is 16.9 Å². The highest BCUT2D eigenvalue weighted by atomic mass is 16.5. The van der Waals surface area contributed by atoms with E-state index in [1.807, 2.05) is 6.07 Å². The van der Waals surface area contributed by atoms with Crippen LogP contribution in [0.1, 0.15) is 18.9 Å². The molecule has 0 bridgehead atoms. The van der Waals surface area contributed by atoms with Crippen LogP contribution in [0.5, 0.6) is 11.5 Å². The number of aryl methyl sites for hydroxylation is 1. The second kappa shape index (κ2) is 8.25. The number of methoxy groups -OCH3 is 1. The highest BCUT2D eigenvalue weighted by molar-refractivity contribution is 5.43. The number of ether oxygens (including phenoxy) is 2. The molecule has 0 unspecified atom stereocenters. The van der Waals surface area contributed by atoms with Crippen molar-refractivity contribution in [3.63, 3.8) is 0 Å². The summed E-state index contributed by atoms with van der Waals surface area (Å²) in [6, 6.07) is 6.30. The minimum absolute atomic E-state index is 0.762. The highest BCUT2D eigenvalue weighted by Gasteiger charge is 2.19. The van der Waals surface area contributed by atoms with Gasteiger partial charge in [0, 0.05) is 0 Å². The van der Waals surface area contributed by atoms with Crippen molar-refractivity contribution in [1.82, 2.24) is 0 Å². The van der Waals surface area contributed by atoms with Crippen LogP contribution in [0.25, 0.3) is 0 Å². The predicted molar refractivity (Wildman–Crippen MR) is 84.7 cm³/mol. The maximum atomic E-state index is 5.94. The summed E-state index contributed by atoms with van der Waals surface area (Å²) in [5.74, 6) is 1.73. The minimum atomic E-state index is 0.762. The standard InChI is InChI=1S/C17H28N2O2/c1-4-5-15-6-7-16(17(14-15)20-3)21-13-12-19-10-8-18(2)9-11-19/h6-7,14H,4-5,8-13H2,1-3H3/p+2. The van der Waals surface area contributed by atoms with Crippen LogP contribution in [0.15, 0.2) is 18.2 Å². The van der Waals surface area contributed by atoms with E-state index in [0.717, 1.165) is 37.5 Å². The summed E-state index contributed by atoms with van der Waals surface area (Å²) in [7, 11) is 3.99. The zero-order valence-electron chi connectivity index (χ0n) is 13.7. The Kier molecular flexibility index (Phi) is 6.33. The van der Waals surface area contributed by atoms with E-state index >= 15 is 0 Å². The Morgan fingerprint density at radius 3 is 2.52 bits per heavy atom. The lowest BCUT2D eigenvalue weighted by molar-refractivity contribution is -1.00. The maximum Gasteiger partial charge on any atom is 0.161 e. The Labute approximate surface area is 128 Å². The number of piperazine rings is 1. The van der Waals surface area contributed by atoms with Gasteiger partial charge in [0.25, 0.3) is 0 Å². The molecule has 1 aromatic rings. The van der Waals surface area contributed by atoms with Crippen LogP contribution < -0.4 is 19.3 Å². The molecule has 1 fully saturated rings. The molecule has 118 valence electrons. The summed E-state index contributed by atoms with van der Waals surface area (Å²) in [6.07, 6.45) is 2.24. The first-order chi connectivity index (χ1) is 10.2. The van der Waals surface area contributed by atoms with Crippen molar-refractivity contribution in [2.75, 3.05) is 53.5 Å². The molecule has 1 heterocycles. The molecule has 4 heteroatoms. The maximum absolute atomic E-state index is 5.94. The van der Waals surface area contributed by atoms with Crippen LogP contribution in [0.2, 0.25) is 0 Å². The van der Waals surface area contributed by atoms with E-state index in [9.17, 15) is 0 Å². The van der Waals surface area contributed by atoms with Gasteiger partial charge in [-0.1, -0.05) is 19.4 Å². The third-order valence-corrected chi connectivity index (χ3v) is 4.29. The second-order valence-corrected chi connectivity index (χ2v) is 6.04. The summed E-state index contributed by atoms with van der Waals surface area (Å²) in [5, 5.41) is 0. The van der Waals surface area contributed by atoms with Crippen molar-refractivity contribution in [1.29, 1.82) is 0 Å². The Bertz CT molecular complexity index is 429. The van der Waals surface area contributed by atoms with Crippen molar-refractivity contribution < 1.29 is 19.3 Å². The highest BCUT2D eigenvalue weighted by Crippen LogP contribution is 2.28. The van der Waals surface area contributed by atoms with Crippen molar-refractivity contribution in [3.05, 3.63) is 23.8 Å². The Hall–Kier alpha value is -1.26. The van der Waals surface area contributed by atoms with E-state index in [1.165, 1.54) is 31.7 Å². The molecule has 0 spiro atoms. The fraction of sp³-hybridized carbons (Fsp3) is 0.647. The molecule has 21 heavy (non-hydrogen) atoms. The smallest absolute Gasteiger partial charge is 0.161 e. The van der Waals surface area contributed by atoms with Crippen LogP contribution >= 0.6 is 0 Å². The average Bonchev–Trinajstić information content (AvgIpc) is 2.50. The lowest BCUT2D eigenvalue weighted by Gasteiger charge is -2.27. The first kappa shape index (κ1) is 16.1. The molecule has 0 saturated carbocycles. The second-order valence-electron chi connectivity index (χ2n) is 6.04. The molecule has 0 radical (unpaired) electrons. The van der Waals surface area contributed by atoms with Gasteiger partial charge in [-0.2, -0.15) is 0 Å². The third kappa shape index (κ3) is 4.90. The zero-order valence-corrected chi connectivity index (χ0v) is 13.7. The van der Waals surface area contributed by atoms with Gasteiger partial charge in [0.2, 0.25) is 0 Å². The van der Waals surface area contributed by atoms with E-state index in [2.05, 4.69) is 26.1 Å². The quantitative estimate of drug-likeness (QED) is 0.705. The van der Waals surface area contributed by atoms with Crippen molar-refractivity contribution in [3.8, 4) is 11.5 Å². The molecule has 2 N–H and O–H groups in total. The summed E-state index contributed by atoms with van der Waals surface area (Å²) >= 11 is 0. The van der Waals surface area contributed by atoms with Crippen LogP contribution in [0.4, 0.5) is 0 Å². The summed E-state index contributed by atoms with van der Waals surface area (Å²) in [4.78, 5) is 3.30. The molecule has 1 aliphatic rings. The first-order valence-electron chi connectivity index (χ1n) is 8.17. The molecule has 0 aromatic heterocycles. The van der Waals surface area contributed by atoms with Gasteiger partial charge in [0.1, 0.15) is 39.3 Å².